The SMILES string of the molecule is N#Cc1c(CC(=O)O)cnc(C(F)F)c1N. The lowest BCUT2D eigenvalue weighted by Gasteiger charge is -2.08. The summed E-state index contributed by atoms with van der Waals surface area (Å²) in [5.41, 5.74) is 3.92. The summed E-state index contributed by atoms with van der Waals surface area (Å²) in [6.45, 7) is 0. The first-order valence-corrected chi connectivity index (χ1v) is 4.14. The van der Waals surface area contributed by atoms with Gasteiger partial charge in [0.15, 0.2) is 0 Å². The van der Waals surface area contributed by atoms with E-state index in [1.165, 1.54) is 0 Å². The average Bonchev–Trinajstić information content (AvgIpc) is 2.16. The Kier molecular flexibility index (Phi) is 3.35. The van der Waals surface area contributed by atoms with Crippen LogP contribution in [0.2, 0.25) is 0 Å². The second-order valence-electron chi connectivity index (χ2n) is 2.94. The van der Waals surface area contributed by atoms with Crippen molar-refractivity contribution in [3.63, 3.8) is 0 Å². The van der Waals surface area contributed by atoms with Gasteiger partial charge < -0.3 is 10.8 Å². The summed E-state index contributed by atoms with van der Waals surface area (Å²) < 4.78 is 24.7. The van der Waals surface area contributed by atoms with Gasteiger partial charge in [-0.05, 0) is 0 Å². The molecule has 0 aliphatic carbocycles. The van der Waals surface area contributed by atoms with Gasteiger partial charge in [0.2, 0.25) is 0 Å². The molecule has 0 saturated heterocycles. The van der Waals surface area contributed by atoms with Crippen LogP contribution in [0, 0.1) is 11.3 Å². The molecule has 0 amide bonds. The van der Waals surface area contributed by atoms with Crippen molar-refractivity contribution in [1.29, 1.82) is 5.26 Å². The minimum atomic E-state index is -2.90. The average molecular weight is 227 g/mol. The number of carboxylic acids is 1. The smallest absolute Gasteiger partial charge is 0.307 e. The highest BCUT2D eigenvalue weighted by Gasteiger charge is 2.19. The Bertz CT molecular complexity index is 469. The van der Waals surface area contributed by atoms with E-state index < -0.39 is 30.2 Å². The fraction of sp³-hybridized carbons (Fsp3) is 0.222. The molecule has 0 aromatic carbocycles. The molecule has 1 rings (SSSR count). The summed E-state index contributed by atoms with van der Waals surface area (Å²) >= 11 is 0. The highest BCUT2D eigenvalue weighted by Crippen LogP contribution is 2.27. The van der Waals surface area contributed by atoms with Crippen LogP contribution in [0.25, 0.3) is 0 Å². The molecule has 0 radical (unpaired) electrons. The van der Waals surface area contributed by atoms with Crippen LogP contribution in [-0.4, -0.2) is 16.1 Å². The molecule has 1 aromatic heterocycles. The van der Waals surface area contributed by atoms with E-state index in [-0.39, 0.29) is 11.1 Å². The van der Waals surface area contributed by atoms with Gasteiger partial charge in [-0.2, -0.15) is 5.26 Å². The number of nitriles is 1. The van der Waals surface area contributed by atoms with Crippen molar-refractivity contribution in [3.05, 3.63) is 23.0 Å². The van der Waals surface area contributed by atoms with E-state index in [0.29, 0.717) is 0 Å². The predicted molar refractivity (Wildman–Crippen MR) is 49.7 cm³/mol. The maximum atomic E-state index is 12.4. The highest BCUT2D eigenvalue weighted by molar-refractivity contribution is 5.73. The van der Waals surface area contributed by atoms with Crippen molar-refractivity contribution < 1.29 is 18.7 Å². The van der Waals surface area contributed by atoms with Crippen LogP contribution in [0.5, 0.6) is 0 Å². The topological polar surface area (TPSA) is 100 Å². The maximum absolute atomic E-state index is 12.4. The second-order valence-corrected chi connectivity index (χ2v) is 2.94. The Morgan fingerprint density at radius 1 is 1.69 bits per heavy atom. The zero-order valence-corrected chi connectivity index (χ0v) is 7.94. The molecule has 0 saturated carbocycles. The van der Waals surface area contributed by atoms with E-state index >= 15 is 0 Å². The van der Waals surface area contributed by atoms with Gasteiger partial charge in [0.25, 0.3) is 6.43 Å². The van der Waals surface area contributed by atoms with Gasteiger partial charge in [0.05, 0.1) is 17.7 Å². The lowest BCUT2D eigenvalue weighted by Crippen LogP contribution is -2.08. The van der Waals surface area contributed by atoms with E-state index in [1.54, 1.807) is 6.07 Å². The van der Waals surface area contributed by atoms with Crippen molar-refractivity contribution >= 4 is 11.7 Å². The number of nitrogen functional groups attached to an aromatic ring is 1. The molecule has 0 fully saturated rings. The Morgan fingerprint density at radius 2 is 2.31 bits per heavy atom. The van der Waals surface area contributed by atoms with Crippen molar-refractivity contribution in [2.24, 2.45) is 0 Å². The Hall–Kier alpha value is -2.23. The monoisotopic (exact) mass is 227 g/mol. The fourth-order valence-electron chi connectivity index (χ4n) is 1.19. The number of pyridine rings is 1. The first-order chi connectivity index (χ1) is 7.47. The summed E-state index contributed by atoms with van der Waals surface area (Å²) in [6.07, 6.45) is -2.44. The van der Waals surface area contributed by atoms with Crippen molar-refractivity contribution in [2.75, 3.05) is 5.73 Å². The standard InChI is InChI=1S/C9H7F2N3O2/c10-9(11)8-7(13)5(2-12)4(3-14-8)1-6(15)16/h3,9H,1,13H2,(H,15,16). The predicted octanol–water partition coefficient (Wildman–Crippen LogP) is 1.10. The van der Waals surface area contributed by atoms with Gasteiger partial charge in [-0.3, -0.25) is 9.78 Å². The lowest BCUT2D eigenvalue weighted by atomic mass is 10.1. The normalized spacial score (nSPS) is 10.1. The summed E-state index contributed by atoms with van der Waals surface area (Å²) in [6, 6.07) is 1.60. The third kappa shape index (κ3) is 2.23. The molecule has 0 bridgehead atoms. The molecule has 3 N–H and O–H groups in total. The summed E-state index contributed by atoms with van der Waals surface area (Å²) in [5.74, 6) is -1.19. The van der Waals surface area contributed by atoms with Crippen LogP contribution in [0.1, 0.15) is 23.2 Å². The molecule has 0 atom stereocenters. The maximum Gasteiger partial charge on any atom is 0.307 e. The van der Waals surface area contributed by atoms with Gasteiger partial charge >= 0.3 is 5.97 Å². The first kappa shape index (κ1) is 11.8. The minimum absolute atomic E-state index is 0.0249. The molecule has 0 aliphatic rings. The van der Waals surface area contributed by atoms with Crippen molar-refractivity contribution in [1.82, 2.24) is 4.98 Å². The molecule has 0 spiro atoms. The summed E-state index contributed by atoms with van der Waals surface area (Å²) in [4.78, 5) is 13.8. The van der Waals surface area contributed by atoms with Gasteiger partial charge in [-0.25, -0.2) is 8.78 Å². The summed E-state index contributed by atoms with van der Waals surface area (Å²) in [5, 5.41) is 17.3. The molecule has 7 heteroatoms. The Morgan fingerprint density at radius 3 is 2.75 bits per heavy atom. The number of aromatic nitrogens is 1. The minimum Gasteiger partial charge on any atom is -0.481 e. The quantitative estimate of drug-likeness (QED) is 0.805. The van der Waals surface area contributed by atoms with Gasteiger partial charge in [0.1, 0.15) is 11.8 Å². The number of nitrogens with zero attached hydrogens (tertiary/aromatic N) is 2. The number of aliphatic carboxylic acids is 1. The molecule has 1 heterocycles. The lowest BCUT2D eigenvalue weighted by molar-refractivity contribution is -0.136. The van der Waals surface area contributed by atoms with Crippen LogP contribution in [0.3, 0.4) is 0 Å². The highest BCUT2D eigenvalue weighted by atomic mass is 19.3. The number of hydrogen-bond donors (Lipinski definition) is 2. The zero-order chi connectivity index (χ0) is 12.3. The Labute approximate surface area is 89.1 Å². The number of alkyl halides is 2. The molecule has 0 unspecified atom stereocenters. The largest absolute Gasteiger partial charge is 0.481 e. The van der Waals surface area contributed by atoms with Gasteiger partial charge in [0, 0.05) is 11.8 Å². The van der Waals surface area contributed by atoms with Crippen LogP contribution >= 0.6 is 0 Å². The van der Waals surface area contributed by atoms with E-state index in [1.807, 2.05) is 0 Å². The molecule has 1 aromatic rings. The van der Waals surface area contributed by atoms with Gasteiger partial charge in [-0.15, -0.1) is 0 Å². The number of nitrogens with two attached hydrogens (primary N) is 1. The number of halogens is 2. The number of carbonyl (C=O) groups is 1. The van der Waals surface area contributed by atoms with E-state index in [4.69, 9.17) is 16.1 Å². The molecule has 0 aliphatic heterocycles. The number of carboxylic acid groups (broad SMARTS) is 1. The van der Waals surface area contributed by atoms with Crippen LogP contribution in [0.4, 0.5) is 14.5 Å². The van der Waals surface area contributed by atoms with Crippen LogP contribution < -0.4 is 5.73 Å². The molecular formula is C9H7F2N3O2. The number of rotatable bonds is 3. The van der Waals surface area contributed by atoms with Crippen LogP contribution in [-0.2, 0) is 11.2 Å². The Balaban J connectivity index is 3.31. The molecule has 16 heavy (non-hydrogen) atoms. The van der Waals surface area contributed by atoms with Crippen molar-refractivity contribution in [3.8, 4) is 6.07 Å². The van der Waals surface area contributed by atoms with Gasteiger partial charge in [-0.1, -0.05) is 0 Å². The summed E-state index contributed by atoms with van der Waals surface area (Å²) in [7, 11) is 0. The molecule has 84 valence electrons. The third-order valence-electron chi connectivity index (χ3n) is 1.89. The van der Waals surface area contributed by atoms with Crippen LogP contribution in [0.15, 0.2) is 6.20 Å². The number of anilines is 1. The second kappa shape index (κ2) is 4.53. The van der Waals surface area contributed by atoms with Crippen molar-refractivity contribution in [2.45, 2.75) is 12.8 Å². The third-order valence-corrected chi connectivity index (χ3v) is 1.89. The first-order valence-electron chi connectivity index (χ1n) is 4.14. The number of hydrogen-bond acceptors (Lipinski definition) is 4. The molecular weight excluding hydrogens is 220 g/mol. The fourth-order valence-corrected chi connectivity index (χ4v) is 1.19. The van der Waals surface area contributed by atoms with E-state index in [2.05, 4.69) is 4.98 Å². The van der Waals surface area contributed by atoms with E-state index in [0.717, 1.165) is 6.20 Å². The zero-order valence-electron chi connectivity index (χ0n) is 7.94. The molecule has 5 nitrogen and oxygen atoms in total. The van der Waals surface area contributed by atoms with E-state index in [9.17, 15) is 13.6 Å².